The first-order valence-electron chi connectivity index (χ1n) is 5.59. The van der Waals surface area contributed by atoms with Gasteiger partial charge in [-0.15, -0.1) is 4.73 Å². The van der Waals surface area contributed by atoms with Gasteiger partial charge in [0.15, 0.2) is 0 Å². The summed E-state index contributed by atoms with van der Waals surface area (Å²) in [6.45, 7) is 0. The molecule has 0 radical (unpaired) electrons. The number of aromatic nitrogens is 1. The Kier molecular flexibility index (Phi) is 3.82. The molecule has 2 amide bonds. The highest BCUT2D eigenvalue weighted by Crippen LogP contribution is 2.10. The molecular weight excluding hydrogens is 246 g/mol. The molecule has 0 bridgehead atoms. The minimum absolute atomic E-state index is 0.161. The molecule has 2 aromatic rings. The lowest BCUT2D eigenvalue weighted by molar-refractivity contribution is -0.611. The molecule has 0 atom stereocenters. The highest BCUT2D eigenvalue weighted by molar-refractivity contribution is 5.99. The Bertz CT molecular complexity index is 573. The van der Waals surface area contributed by atoms with E-state index in [1.807, 2.05) is 18.2 Å². The summed E-state index contributed by atoms with van der Waals surface area (Å²) < 4.78 is 5.36. The third-order valence-electron chi connectivity index (χ3n) is 2.38. The van der Waals surface area contributed by atoms with E-state index in [0.29, 0.717) is 16.1 Å². The van der Waals surface area contributed by atoms with E-state index >= 15 is 0 Å². The number of carbonyl (C=O) groups excluding carboxylic acids is 1. The first-order chi connectivity index (χ1) is 9.19. The third kappa shape index (κ3) is 3.35. The van der Waals surface area contributed by atoms with Crippen LogP contribution in [0.15, 0.2) is 48.7 Å². The standard InChI is InChI=1S/C13H13N3O3/c1-19-12-8-7-11(9-16(12)18)15-13(17)14-10-5-3-2-4-6-10/h2-9H,1H3,(H2,14,15,17). The predicted molar refractivity (Wildman–Crippen MR) is 71.0 cm³/mol. The van der Waals surface area contributed by atoms with E-state index in [0.717, 1.165) is 0 Å². The van der Waals surface area contributed by atoms with Crippen LogP contribution in [-0.4, -0.2) is 13.1 Å². The molecule has 0 unspecified atom stereocenters. The number of para-hydroxylation sites is 1. The monoisotopic (exact) mass is 259 g/mol. The molecule has 1 heterocycles. The van der Waals surface area contributed by atoms with Crippen molar-refractivity contribution in [3.63, 3.8) is 0 Å². The molecule has 19 heavy (non-hydrogen) atoms. The van der Waals surface area contributed by atoms with Gasteiger partial charge in [0, 0.05) is 5.69 Å². The second kappa shape index (κ2) is 5.72. The highest BCUT2D eigenvalue weighted by atomic mass is 16.5. The molecule has 98 valence electrons. The van der Waals surface area contributed by atoms with Crippen LogP contribution >= 0.6 is 0 Å². The Morgan fingerprint density at radius 3 is 2.42 bits per heavy atom. The smallest absolute Gasteiger partial charge is 0.379 e. The number of carbonyl (C=O) groups is 1. The topological polar surface area (TPSA) is 77.3 Å². The Morgan fingerprint density at radius 2 is 1.79 bits per heavy atom. The quantitative estimate of drug-likeness (QED) is 0.653. The fourth-order valence-electron chi connectivity index (χ4n) is 1.51. The van der Waals surface area contributed by atoms with E-state index in [1.165, 1.54) is 19.4 Å². The zero-order valence-corrected chi connectivity index (χ0v) is 10.3. The molecule has 1 aromatic carbocycles. The number of amides is 2. The van der Waals surface area contributed by atoms with Crippen molar-refractivity contribution in [1.82, 2.24) is 0 Å². The molecule has 2 N–H and O–H groups in total. The second-order valence-electron chi connectivity index (χ2n) is 3.73. The largest absolute Gasteiger partial charge is 0.616 e. The number of ether oxygens (including phenoxy) is 1. The number of nitrogens with zero attached hydrogens (tertiary/aromatic N) is 1. The van der Waals surface area contributed by atoms with Crippen molar-refractivity contribution in [2.24, 2.45) is 0 Å². The number of benzene rings is 1. The van der Waals surface area contributed by atoms with Gasteiger partial charge in [0.05, 0.1) is 13.2 Å². The zero-order chi connectivity index (χ0) is 13.7. The predicted octanol–water partition coefficient (Wildman–Crippen LogP) is 1.97. The van der Waals surface area contributed by atoms with Gasteiger partial charge in [0.1, 0.15) is 5.69 Å². The number of methoxy groups -OCH3 is 1. The molecule has 2 rings (SSSR count). The summed E-state index contributed by atoms with van der Waals surface area (Å²) in [6.07, 6.45) is 1.23. The Labute approximate surface area is 110 Å². The van der Waals surface area contributed by atoms with Gasteiger partial charge in [-0.2, -0.15) is 0 Å². The number of hydrogen-bond donors (Lipinski definition) is 2. The van der Waals surface area contributed by atoms with Crippen LogP contribution in [0.1, 0.15) is 0 Å². The number of rotatable bonds is 3. The SMILES string of the molecule is COc1ccc(NC(=O)Nc2ccccc2)c[n+]1[O-]. The van der Waals surface area contributed by atoms with Gasteiger partial charge in [0.2, 0.25) is 6.20 Å². The van der Waals surface area contributed by atoms with Crippen molar-refractivity contribution in [2.45, 2.75) is 0 Å². The third-order valence-corrected chi connectivity index (χ3v) is 2.38. The molecule has 0 aliphatic carbocycles. The molecule has 0 fully saturated rings. The molecule has 0 saturated heterocycles. The van der Waals surface area contributed by atoms with E-state index < -0.39 is 6.03 Å². The summed E-state index contributed by atoms with van der Waals surface area (Å²) in [5.74, 6) is 0.161. The van der Waals surface area contributed by atoms with Gasteiger partial charge in [-0.3, -0.25) is 0 Å². The van der Waals surface area contributed by atoms with Crippen LogP contribution in [0, 0.1) is 5.21 Å². The maximum absolute atomic E-state index is 11.7. The summed E-state index contributed by atoms with van der Waals surface area (Å²) in [4.78, 5) is 11.7. The molecule has 0 aliphatic heterocycles. The van der Waals surface area contributed by atoms with Crippen molar-refractivity contribution < 1.29 is 14.3 Å². The summed E-state index contributed by atoms with van der Waals surface area (Å²) in [5, 5.41) is 16.6. The van der Waals surface area contributed by atoms with E-state index in [-0.39, 0.29) is 5.88 Å². The highest BCUT2D eigenvalue weighted by Gasteiger charge is 2.08. The van der Waals surface area contributed by atoms with E-state index in [4.69, 9.17) is 4.74 Å². The maximum atomic E-state index is 11.7. The molecule has 0 saturated carbocycles. The minimum Gasteiger partial charge on any atom is -0.616 e. The van der Waals surface area contributed by atoms with E-state index in [2.05, 4.69) is 10.6 Å². The van der Waals surface area contributed by atoms with Crippen molar-refractivity contribution in [3.8, 4) is 5.88 Å². The van der Waals surface area contributed by atoms with Crippen LogP contribution in [0.5, 0.6) is 5.88 Å². The van der Waals surface area contributed by atoms with Crippen molar-refractivity contribution in [3.05, 3.63) is 53.9 Å². The summed E-state index contributed by atoms with van der Waals surface area (Å²) in [7, 11) is 1.40. The van der Waals surface area contributed by atoms with Crippen LogP contribution in [0.4, 0.5) is 16.2 Å². The molecule has 6 nitrogen and oxygen atoms in total. The van der Waals surface area contributed by atoms with Gasteiger partial charge < -0.3 is 20.6 Å². The van der Waals surface area contributed by atoms with Crippen LogP contribution in [0.2, 0.25) is 0 Å². The normalized spacial score (nSPS) is 9.74. The second-order valence-corrected chi connectivity index (χ2v) is 3.73. The number of nitrogens with one attached hydrogen (secondary N) is 2. The molecule has 0 aliphatic rings. The molecular formula is C13H13N3O3. The van der Waals surface area contributed by atoms with Gasteiger partial charge in [-0.05, 0) is 18.2 Å². The van der Waals surface area contributed by atoms with Gasteiger partial charge in [-0.25, -0.2) is 4.79 Å². The Hall–Kier alpha value is -2.76. The lowest BCUT2D eigenvalue weighted by Crippen LogP contribution is -2.29. The van der Waals surface area contributed by atoms with Crippen LogP contribution in [-0.2, 0) is 0 Å². The minimum atomic E-state index is -0.420. The number of urea groups is 1. The summed E-state index contributed by atoms with van der Waals surface area (Å²) in [6, 6.07) is 11.7. The van der Waals surface area contributed by atoms with Crippen molar-refractivity contribution in [2.75, 3.05) is 17.7 Å². The number of hydrogen-bond acceptors (Lipinski definition) is 3. The maximum Gasteiger partial charge on any atom is 0.379 e. The first kappa shape index (κ1) is 12.7. The van der Waals surface area contributed by atoms with Gasteiger partial charge in [0.25, 0.3) is 0 Å². The Morgan fingerprint density at radius 1 is 1.11 bits per heavy atom. The van der Waals surface area contributed by atoms with Crippen LogP contribution in [0.3, 0.4) is 0 Å². The fourth-order valence-corrected chi connectivity index (χ4v) is 1.51. The summed E-state index contributed by atoms with van der Waals surface area (Å²) in [5.41, 5.74) is 1.05. The average molecular weight is 259 g/mol. The molecule has 1 aromatic heterocycles. The van der Waals surface area contributed by atoms with Crippen LogP contribution in [0.25, 0.3) is 0 Å². The van der Waals surface area contributed by atoms with Crippen molar-refractivity contribution in [1.29, 1.82) is 0 Å². The van der Waals surface area contributed by atoms with E-state index in [1.54, 1.807) is 18.2 Å². The lowest BCUT2D eigenvalue weighted by atomic mass is 10.3. The van der Waals surface area contributed by atoms with Crippen molar-refractivity contribution >= 4 is 17.4 Å². The summed E-state index contributed by atoms with van der Waals surface area (Å²) >= 11 is 0. The fraction of sp³-hybridized carbons (Fsp3) is 0.0769. The van der Waals surface area contributed by atoms with Gasteiger partial charge >= 0.3 is 11.9 Å². The zero-order valence-electron chi connectivity index (χ0n) is 10.3. The molecule has 0 spiro atoms. The Balaban J connectivity index is 2.01. The lowest BCUT2D eigenvalue weighted by Gasteiger charge is -2.08. The average Bonchev–Trinajstić information content (AvgIpc) is 2.40. The van der Waals surface area contributed by atoms with Crippen LogP contribution < -0.4 is 20.1 Å². The number of pyridine rings is 1. The van der Waals surface area contributed by atoms with Gasteiger partial charge in [-0.1, -0.05) is 18.2 Å². The van der Waals surface area contributed by atoms with E-state index in [9.17, 15) is 10.0 Å². The number of anilines is 2. The first-order valence-corrected chi connectivity index (χ1v) is 5.59. The molecule has 6 heteroatoms.